The van der Waals surface area contributed by atoms with E-state index in [0.29, 0.717) is 13.2 Å². The van der Waals surface area contributed by atoms with Crippen LogP contribution in [-0.2, 0) is 0 Å². The summed E-state index contributed by atoms with van der Waals surface area (Å²) in [5.41, 5.74) is 1.95. The Bertz CT molecular complexity index is 560. The Balaban J connectivity index is 1.96. The van der Waals surface area contributed by atoms with Gasteiger partial charge in [0.05, 0.1) is 17.9 Å². The van der Waals surface area contributed by atoms with Gasteiger partial charge in [0.1, 0.15) is 13.2 Å². The van der Waals surface area contributed by atoms with Gasteiger partial charge < -0.3 is 14.8 Å². The monoisotopic (exact) mass is 257 g/mol. The highest BCUT2D eigenvalue weighted by molar-refractivity contribution is 5.45. The zero-order valence-electron chi connectivity index (χ0n) is 10.7. The first kappa shape index (κ1) is 11.9. The summed E-state index contributed by atoms with van der Waals surface area (Å²) in [7, 11) is 1.90. The normalized spacial score (nSPS) is 15.0. The van der Waals surface area contributed by atoms with Crippen LogP contribution in [0.5, 0.6) is 11.5 Å². The van der Waals surface area contributed by atoms with Gasteiger partial charge in [-0.05, 0) is 24.7 Å². The van der Waals surface area contributed by atoms with Crippen LogP contribution in [0, 0.1) is 0 Å². The van der Waals surface area contributed by atoms with Gasteiger partial charge in [0.2, 0.25) is 0 Å². The van der Waals surface area contributed by atoms with Crippen LogP contribution < -0.4 is 14.8 Å². The van der Waals surface area contributed by atoms with Crippen molar-refractivity contribution in [2.24, 2.45) is 0 Å². The summed E-state index contributed by atoms with van der Waals surface area (Å²) in [4.78, 5) is 8.45. The molecule has 1 atom stereocenters. The lowest BCUT2D eigenvalue weighted by Crippen LogP contribution is -2.20. The first-order valence-electron chi connectivity index (χ1n) is 6.21. The SMILES string of the molecule is CNC(c1ccc2c(c1)OCCO2)c1cnccn1. The Hall–Kier alpha value is -2.14. The van der Waals surface area contributed by atoms with Crippen molar-refractivity contribution in [1.29, 1.82) is 0 Å². The highest BCUT2D eigenvalue weighted by Crippen LogP contribution is 2.33. The Kier molecular flexibility index (Phi) is 3.29. The van der Waals surface area contributed by atoms with E-state index in [0.717, 1.165) is 22.8 Å². The van der Waals surface area contributed by atoms with Crippen LogP contribution in [0.25, 0.3) is 0 Å². The van der Waals surface area contributed by atoms with Crippen LogP contribution in [-0.4, -0.2) is 30.2 Å². The van der Waals surface area contributed by atoms with E-state index in [-0.39, 0.29) is 6.04 Å². The maximum Gasteiger partial charge on any atom is 0.161 e. The third kappa shape index (κ3) is 2.37. The molecule has 1 unspecified atom stereocenters. The number of fused-ring (bicyclic) bond motifs is 1. The topological polar surface area (TPSA) is 56.3 Å². The number of benzene rings is 1. The first-order valence-corrected chi connectivity index (χ1v) is 6.21. The highest BCUT2D eigenvalue weighted by atomic mass is 16.6. The molecule has 98 valence electrons. The second-order valence-corrected chi connectivity index (χ2v) is 4.26. The van der Waals surface area contributed by atoms with Gasteiger partial charge in [-0.3, -0.25) is 9.97 Å². The van der Waals surface area contributed by atoms with Crippen LogP contribution in [0.15, 0.2) is 36.8 Å². The zero-order valence-corrected chi connectivity index (χ0v) is 10.7. The van der Waals surface area contributed by atoms with Crippen LogP contribution >= 0.6 is 0 Å². The molecule has 1 aromatic carbocycles. The lowest BCUT2D eigenvalue weighted by atomic mass is 10.0. The molecule has 0 fully saturated rings. The van der Waals surface area contributed by atoms with Crippen LogP contribution in [0.1, 0.15) is 17.3 Å². The second-order valence-electron chi connectivity index (χ2n) is 4.26. The summed E-state index contributed by atoms with van der Waals surface area (Å²) in [6, 6.07) is 5.93. The van der Waals surface area contributed by atoms with Crippen molar-refractivity contribution in [3.63, 3.8) is 0 Å². The molecule has 0 aliphatic carbocycles. The average Bonchev–Trinajstić information content (AvgIpc) is 2.49. The summed E-state index contributed by atoms with van der Waals surface area (Å²) in [6.07, 6.45) is 5.12. The zero-order chi connectivity index (χ0) is 13.1. The quantitative estimate of drug-likeness (QED) is 0.904. The minimum absolute atomic E-state index is 0.00970. The van der Waals surface area contributed by atoms with E-state index in [9.17, 15) is 0 Å². The number of hydrogen-bond acceptors (Lipinski definition) is 5. The number of hydrogen-bond donors (Lipinski definition) is 1. The molecule has 19 heavy (non-hydrogen) atoms. The van der Waals surface area contributed by atoms with Crippen molar-refractivity contribution in [3.8, 4) is 11.5 Å². The maximum absolute atomic E-state index is 5.61. The molecule has 0 spiro atoms. The van der Waals surface area contributed by atoms with Crippen molar-refractivity contribution in [2.75, 3.05) is 20.3 Å². The number of aromatic nitrogens is 2. The van der Waals surface area contributed by atoms with Crippen molar-refractivity contribution < 1.29 is 9.47 Å². The van der Waals surface area contributed by atoms with Gasteiger partial charge in [-0.2, -0.15) is 0 Å². The molecule has 0 radical (unpaired) electrons. The third-order valence-electron chi connectivity index (χ3n) is 3.07. The maximum atomic E-state index is 5.61. The minimum Gasteiger partial charge on any atom is -0.486 e. The minimum atomic E-state index is -0.00970. The van der Waals surface area contributed by atoms with E-state index >= 15 is 0 Å². The fourth-order valence-corrected chi connectivity index (χ4v) is 2.18. The fourth-order valence-electron chi connectivity index (χ4n) is 2.18. The molecule has 1 aromatic heterocycles. The van der Waals surface area contributed by atoms with Crippen molar-refractivity contribution >= 4 is 0 Å². The molecular formula is C14H15N3O2. The summed E-state index contributed by atoms with van der Waals surface area (Å²) in [5.74, 6) is 1.58. The lowest BCUT2D eigenvalue weighted by molar-refractivity contribution is 0.171. The van der Waals surface area contributed by atoms with E-state index in [1.165, 1.54) is 0 Å². The molecule has 0 amide bonds. The standard InChI is InChI=1S/C14H15N3O2/c1-15-14(11-9-16-4-5-17-11)10-2-3-12-13(8-10)19-7-6-18-12/h2-5,8-9,14-15H,6-7H2,1H3. The van der Waals surface area contributed by atoms with E-state index in [1.807, 2.05) is 25.2 Å². The molecule has 1 aliphatic heterocycles. The number of nitrogens with zero attached hydrogens (tertiary/aromatic N) is 2. The summed E-state index contributed by atoms with van der Waals surface area (Å²) < 4.78 is 11.1. The molecule has 0 saturated carbocycles. The predicted octanol–water partition coefficient (Wildman–Crippen LogP) is 1.56. The van der Waals surface area contributed by atoms with Gasteiger partial charge in [-0.15, -0.1) is 0 Å². The van der Waals surface area contributed by atoms with Crippen LogP contribution in [0.2, 0.25) is 0 Å². The Morgan fingerprint density at radius 3 is 2.74 bits per heavy atom. The summed E-state index contributed by atoms with van der Waals surface area (Å²) in [5, 5.41) is 3.24. The molecule has 3 rings (SSSR count). The van der Waals surface area contributed by atoms with E-state index < -0.39 is 0 Å². The van der Waals surface area contributed by atoms with Gasteiger partial charge in [0.15, 0.2) is 11.5 Å². The Morgan fingerprint density at radius 1 is 1.16 bits per heavy atom. The first-order chi connectivity index (χ1) is 9.38. The summed E-state index contributed by atoms with van der Waals surface area (Å²) >= 11 is 0. The lowest BCUT2D eigenvalue weighted by Gasteiger charge is -2.21. The van der Waals surface area contributed by atoms with Gasteiger partial charge in [0, 0.05) is 12.4 Å². The molecule has 5 heteroatoms. The Labute approximate surface area is 111 Å². The molecule has 2 aromatic rings. The molecule has 5 nitrogen and oxygen atoms in total. The molecule has 2 heterocycles. The van der Waals surface area contributed by atoms with Crippen LogP contribution in [0.3, 0.4) is 0 Å². The third-order valence-corrected chi connectivity index (χ3v) is 3.07. The van der Waals surface area contributed by atoms with Gasteiger partial charge in [-0.25, -0.2) is 0 Å². The van der Waals surface area contributed by atoms with Gasteiger partial charge >= 0.3 is 0 Å². The second kappa shape index (κ2) is 5.24. The van der Waals surface area contributed by atoms with Gasteiger partial charge in [0.25, 0.3) is 0 Å². The van der Waals surface area contributed by atoms with E-state index in [1.54, 1.807) is 18.6 Å². The largest absolute Gasteiger partial charge is 0.486 e. The van der Waals surface area contributed by atoms with Gasteiger partial charge in [-0.1, -0.05) is 6.07 Å². The Morgan fingerprint density at radius 2 is 2.00 bits per heavy atom. The van der Waals surface area contributed by atoms with Crippen molar-refractivity contribution in [3.05, 3.63) is 48.0 Å². The van der Waals surface area contributed by atoms with Crippen molar-refractivity contribution in [2.45, 2.75) is 6.04 Å². The fraction of sp³-hybridized carbons (Fsp3) is 0.286. The van der Waals surface area contributed by atoms with Crippen LogP contribution in [0.4, 0.5) is 0 Å². The molecule has 0 saturated heterocycles. The summed E-state index contributed by atoms with van der Waals surface area (Å²) in [6.45, 7) is 1.19. The number of rotatable bonds is 3. The molecule has 1 aliphatic rings. The number of nitrogens with one attached hydrogen (secondary N) is 1. The number of ether oxygens (including phenoxy) is 2. The molecule has 0 bridgehead atoms. The van der Waals surface area contributed by atoms with E-state index in [2.05, 4.69) is 15.3 Å². The average molecular weight is 257 g/mol. The smallest absolute Gasteiger partial charge is 0.161 e. The highest BCUT2D eigenvalue weighted by Gasteiger charge is 2.18. The predicted molar refractivity (Wildman–Crippen MR) is 70.4 cm³/mol. The molecular weight excluding hydrogens is 242 g/mol. The van der Waals surface area contributed by atoms with Crippen molar-refractivity contribution in [1.82, 2.24) is 15.3 Å². The van der Waals surface area contributed by atoms with E-state index in [4.69, 9.17) is 9.47 Å². The molecule has 1 N–H and O–H groups in total.